The lowest BCUT2D eigenvalue weighted by Crippen LogP contribution is -2.22. The molecule has 0 saturated heterocycles. The van der Waals surface area contributed by atoms with E-state index in [1.807, 2.05) is 12.4 Å². The quantitative estimate of drug-likeness (QED) is 0.508. The summed E-state index contributed by atoms with van der Waals surface area (Å²) in [6, 6.07) is 0. The van der Waals surface area contributed by atoms with Gasteiger partial charge in [-0.05, 0) is 45.8 Å². The molecule has 0 bridgehead atoms. The van der Waals surface area contributed by atoms with Crippen LogP contribution in [0.3, 0.4) is 0 Å². The van der Waals surface area contributed by atoms with Gasteiger partial charge in [0.2, 0.25) is 0 Å². The van der Waals surface area contributed by atoms with Crippen molar-refractivity contribution < 1.29 is 0 Å². The first-order valence-corrected chi connectivity index (χ1v) is 10.4. The maximum atomic E-state index is 4.53. The Morgan fingerprint density at radius 1 is 0.769 bits per heavy atom. The van der Waals surface area contributed by atoms with Crippen molar-refractivity contribution in [2.75, 3.05) is 20.1 Å². The summed E-state index contributed by atoms with van der Waals surface area (Å²) in [5.41, 5.74) is 0. The molecule has 0 aromatic carbocycles. The zero-order chi connectivity index (χ0) is 18.6. The number of hydrogen-bond acceptors (Lipinski definition) is 3. The third kappa shape index (κ3) is 6.94. The fraction of sp³-hybridized carbons (Fsp3) is 0.714. The SMILES string of the molecule is CCCCn1ccnc1CCCN(C)CCCc1nccn1CCCC. The number of nitrogens with zero attached hydrogens (tertiary/aromatic N) is 5. The smallest absolute Gasteiger partial charge is 0.108 e. The highest BCUT2D eigenvalue weighted by molar-refractivity contribution is 4.93. The third-order valence-corrected chi connectivity index (χ3v) is 4.99. The molecule has 0 N–H and O–H groups in total. The van der Waals surface area contributed by atoms with E-state index in [0.29, 0.717) is 0 Å². The Kier molecular flexibility index (Phi) is 9.46. The molecule has 2 heterocycles. The lowest BCUT2D eigenvalue weighted by Gasteiger charge is -2.16. The highest BCUT2D eigenvalue weighted by atomic mass is 15.1. The van der Waals surface area contributed by atoms with Crippen LogP contribution in [-0.4, -0.2) is 44.1 Å². The Balaban J connectivity index is 1.63. The van der Waals surface area contributed by atoms with Gasteiger partial charge in [-0.3, -0.25) is 0 Å². The second-order valence-electron chi connectivity index (χ2n) is 7.29. The molecule has 0 aliphatic carbocycles. The molecule has 0 atom stereocenters. The lowest BCUT2D eigenvalue weighted by molar-refractivity contribution is 0.321. The summed E-state index contributed by atoms with van der Waals surface area (Å²) in [7, 11) is 2.23. The largest absolute Gasteiger partial charge is 0.335 e. The molecule has 0 fully saturated rings. The molecule has 2 rings (SSSR count). The average Bonchev–Trinajstić information content (AvgIpc) is 3.27. The van der Waals surface area contributed by atoms with Crippen LogP contribution in [0.5, 0.6) is 0 Å². The molecule has 0 aliphatic rings. The Hall–Kier alpha value is -1.62. The number of rotatable bonds is 14. The van der Waals surface area contributed by atoms with Crippen LogP contribution < -0.4 is 0 Å². The van der Waals surface area contributed by atoms with Crippen molar-refractivity contribution in [2.45, 2.75) is 78.3 Å². The van der Waals surface area contributed by atoms with Gasteiger partial charge in [-0.15, -0.1) is 0 Å². The molecule has 5 nitrogen and oxygen atoms in total. The number of unbranched alkanes of at least 4 members (excludes halogenated alkanes) is 2. The minimum Gasteiger partial charge on any atom is -0.335 e. The third-order valence-electron chi connectivity index (χ3n) is 4.99. The summed E-state index contributed by atoms with van der Waals surface area (Å²) in [6.45, 7) is 8.94. The molecule has 146 valence electrons. The first-order valence-electron chi connectivity index (χ1n) is 10.4. The molecule has 0 aliphatic heterocycles. The highest BCUT2D eigenvalue weighted by Crippen LogP contribution is 2.07. The zero-order valence-corrected chi connectivity index (χ0v) is 17.0. The van der Waals surface area contributed by atoms with Gasteiger partial charge in [-0.25, -0.2) is 9.97 Å². The molecule has 0 saturated carbocycles. The first kappa shape index (κ1) is 20.7. The molecular formula is C21H37N5. The van der Waals surface area contributed by atoms with Crippen molar-refractivity contribution in [3.05, 3.63) is 36.4 Å². The van der Waals surface area contributed by atoms with Crippen molar-refractivity contribution >= 4 is 0 Å². The van der Waals surface area contributed by atoms with Gasteiger partial charge >= 0.3 is 0 Å². The molecule has 2 aromatic rings. The Labute approximate surface area is 159 Å². The van der Waals surface area contributed by atoms with Crippen molar-refractivity contribution in [2.24, 2.45) is 0 Å². The predicted octanol–water partition coefficient (Wildman–Crippen LogP) is 4.18. The molecule has 0 spiro atoms. The summed E-state index contributed by atoms with van der Waals surface area (Å²) < 4.78 is 4.64. The van der Waals surface area contributed by atoms with Gasteiger partial charge < -0.3 is 14.0 Å². The van der Waals surface area contributed by atoms with Gasteiger partial charge in [-0.1, -0.05) is 26.7 Å². The molecular weight excluding hydrogens is 322 g/mol. The van der Waals surface area contributed by atoms with Crippen LogP contribution >= 0.6 is 0 Å². The highest BCUT2D eigenvalue weighted by Gasteiger charge is 2.06. The van der Waals surface area contributed by atoms with Gasteiger partial charge in [0.25, 0.3) is 0 Å². The van der Waals surface area contributed by atoms with Crippen LogP contribution in [0.1, 0.15) is 64.0 Å². The Bertz CT molecular complexity index is 549. The van der Waals surface area contributed by atoms with E-state index in [-0.39, 0.29) is 0 Å². The van der Waals surface area contributed by atoms with Crippen LogP contribution in [0.15, 0.2) is 24.8 Å². The van der Waals surface area contributed by atoms with Crippen LogP contribution in [0.25, 0.3) is 0 Å². The summed E-state index contributed by atoms with van der Waals surface area (Å²) in [6.07, 6.45) is 17.5. The van der Waals surface area contributed by atoms with E-state index in [2.05, 4.69) is 57.3 Å². The number of aromatic nitrogens is 4. The normalized spacial score (nSPS) is 11.5. The standard InChI is InChI=1S/C21H37N5/c1-4-6-16-25-18-12-22-20(25)10-8-14-24(3)15-9-11-21-23-13-19-26(21)17-7-5-2/h12-13,18-19H,4-11,14-17H2,1-3H3. The second kappa shape index (κ2) is 11.9. The van der Waals surface area contributed by atoms with E-state index in [0.717, 1.165) is 39.0 Å². The van der Waals surface area contributed by atoms with Gasteiger partial charge in [-0.2, -0.15) is 0 Å². The van der Waals surface area contributed by atoms with Crippen LogP contribution in [0.4, 0.5) is 0 Å². The van der Waals surface area contributed by atoms with Crippen LogP contribution in [-0.2, 0) is 25.9 Å². The van der Waals surface area contributed by atoms with E-state index < -0.39 is 0 Å². The van der Waals surface area contributed by atoms with Gasteiger partial charge in [0, 0.05) is 50.7 Å². The molecule has 0 unspecified atom stereocenters. The number of hydrogen-bond donors (Lipinski definition) is 0. The average molecular weight is 360 g/mol. The Morgan fingerprint density at radius 2 is 1.23 bits per heavy atom. The summed E-state index contributed by atoms with van der Waals surface area (Å²) >= 11 is 0. The first-order chi connectivity index (χ1) is 12.7. The molecule has 0 radical (unpaired) electrons. The van der Waals surface area contributed by atoms with Gasteiger partial charge in [0.1, 0.15) is 11.6 Å². The monoisotopic (exact) mass is 359 g/mol. The predicted molar refractivity (Wildman–Crippen MR) is 108 cm³/mol. The zero-order valence-electron chi connectivity index (χ0n) is 17.0. The second-order valence-corrected chi connectivity index (χ2v) is 7.29. The maximum absolute atomic E-state index is 4.53. The van der Waals surface area contributed by atoms with Gasteiger partial charge in [0.05, 0.1) is 0 Å². The summed E-state index contributed by atoms with van der Waals surface area (Å²) in [4.78, 5) is 11.5. The summed E-state index contributed by atoms with van der Waals surface area (Å²) in [5, 5.41) is 0. The molecule has 0 amide bonds. The van der Waals surface area contributed by atoms with Crippen molar-refractivity contribution in [1.29, 1.82) is 0 Å². The number of aryl methyl sites for hydroxylation is 4. The topological polar surface area (TPSA) is 38.9 Å². The lowest BCUT2D eigenvalue weighted by atomic mass is 10.2. The van der Waals surface area contributed by atoms with Crippen LogP contribution in [0, 0.1) is 0 Å². The molecule has 5 heteroatoms. The maximum Gasteiger partial charge on any atom is 0.108 e. The van der Waals surface area contributed by atoms with E-state index >= 15 is 0 Å². The van der Waals surface area contributed by atoms with E-state index in [9.17, 15) is 0 Å². The molecule has 26 heavy (non-hydrogen) atoms. The Morgan fingerprint density at radius 3 is 1.65 bits per heavy atom. The van der Waals surface area contributed by atoms with Crippen molar-refractivity contribution in [3.8, 4) is 0 Å². The van der Waals surface area contributed by atoms with Crippen molar-refractivity contribution in [1.82, 2.24) is 24.0 Å². The van der Waals surface area contributed by atoms with Gasteiger partial charge in [0.15, 0.2) is 0 Å². The van der Waals surface area contributed by atoms with E-state index in [1.54, 1.807) is 0 Å². The molecule has 2 aromatic heterocycles. The fourth-order valence-corrected chi connectivity index (χ4v) is 3.33. The minimum atomic E-state index is 1.07. The number of imidazole rings is 2. The van der Waals surface area contributed by atoms with Crippen molar-refractivity contribution in [3.63, 3.8) is 0 Å². The van der Waals surface area contributed by atoms with Crippen LogP contribution in [0.2, 0.25) is 0 Å². The minimum absolute atomic E-state index is 1.07. The van der Waals surface area contributed by atoms with E-state index in [1.165, 1.54) is 50.2 Å². The van der Waals surface area contributed by atoms with E-state index in [4.69, 9.17) is 0 Å². The fourth-order valence-electron chi connectivity index (χ4n) is 3.33. The summed E-state index contributed by atoms with van der Waals surface area (Å²) in [5.74, 6) is 2.48.